The van der Waals surface area contributed by atoms with Crippen molar-refractivity contribution in [1.82, 2.24) is 10.6 Å². The third-order valence-corrected chi connectivity index (χ3v) is 2.77. The Balaban J connectivity index is 2.48. The van der Waals surface area contributed by atoms with Crippen LogP contribution in [0.3, 0.4) is 0 Å². The Morgan fingerprint density at radius 1 is 1.24 bits per heavy atom. The molecule has 0 aliphatic rings. The summed E-state index contributed by atoms with van der Waals surface area (Å²) in [5.74, 6) is 5.20. The van der Waals surface area contributed by atoms with Crippen LogP contribution in [0.25, 0.3) is 0 Å². The Kier molecular flexibility index (Phi) is 5.79. The molecule has 0 fully saturated rings. The van der Waals surface area contributed by atoms with E-state index in [9.17, 15) is 9.59 Å². The van der Waals surface area contributed by atoms with E-state index in [1.165, 1.54) is 0 Å². The highest BCUT2D eigenvalue weighted by Crippen LogP contribution is 2.18. The van der Waals surface area contributed by atoms with Crippen molar-refractivity contribution < 1.29 is 9.59 Å². The fourth-order valence-corrected chi connectivity index (χ4v) is 1.69. The summed E-state index contributed by atoms with van der Waals surface area (Å²) < 4.78 is 0. The highest BCUT2D eigenvalue weighted by Gasteiger charge is 2.30. The van der Waals surface area contributed by atoms with Gasteiger partial charge in [0.05, 0.1) is 6.54 Å². The Labute approximate surface area is 125 Å². The molecule has 0 saturated heterocycles. The van der Waals surface area contributed by atoms with Crippen LogP contribution in [-0.2, 0) is 4.79 Å². The van der Waals surface area contributed by atoms with Crippen molar-refractivity contribution in [3.8, 4) is 11.8 Å². The number of nitrogens with two attached hydrogens (primary N) is 1. The van der Waals surface area contributed by atoms with Gasteiger partial charge in [0.15, 0.2) is 0 Å². The van der Waals surface area contributed by atoms with Crippen molar-refractivity contribution in [2.45, 2.75) is 26.8 Å². The monoisotopic (exact) mass is 287 g/mol. The van der Waals surface area contributed by atoms with Crippen LogP contribution in [0.15, 0.2) is 30.3 Å². The molecule has 0 spiro atoms. The van der Waals surface area contributed by atoms with Crippen LogP contribution in [-0.4, -0.2) is 24.5 Å². The van der Waals surface area contributed by atoms with Gasteiger partial charge in [0, 0.05) is 5.56 Å². The maximum absolute atomic E-state index is 11.7. The lowest BCUT2D eigenvalue weighted by Crippen LogP contribution is -2.54. The minimum Gasteiger partial charge on any atom is -0.368 e. The van der Waals surface area contributed by atoms with Crippen LogP contribution in [0.2, 0.25) is 0 Å². The van der Waals surface area contributed by atoms with Gasteiger partial charge in [-0.2, -0.15) is 0 Å². The molecule has 0 saturated carbocycles. The summed E-state index contributed by atoms with van der Waals surface area (Å²) >= 11 is 0. The first kappa shape index (κ1) is 16.6. The van der Waals surface area contributed by atoms with Crippen molar-refractivity contribution in [2.75, 3.05) is 6.54 Å². The molecule has 0 unspecified atom stereocenters. The molecule has 0 aliphatic carbocycles. The van der Waals surface area contributed by atoms with Gasteiger partial charge in [-0.1, -0.05) is 50.8 Å². The number of rotatable bonds is 3. The third kappa shape index (κ3) is 6.00. The first-order valence-electron chi connectivity index (χ1n) is 6.68. The van der Waals surface area contributed by atoms with Crippen molar-refractivity contribution in [3.05, 3.63) is 35.9 Å². The Bertz CT molecular complexity index is 550. The van der Waals surface area contributed by atoms with Gasteiger partial charge in [-0.3, -0.25) is 4.79 Å². The smallest absolute Gasteiger partial charge is 0.316 e. The maximum Gasteiger partial charge on any atom is 0.316 e. The molecule has 1 aromatic rings. The zero-order valence-corrected chi connectivity index (χ0v) is 12.6. The molecule has 1 rings (SSSR count). The molecule has 0 aromatic heterocycles. The van der Waals surface area contributed by atoms with Crippen LogP contribution in [0.4, 0.5) is 4.79 Å². The van der Waals surface area contributed by atoms with Crippen LogP contribution in [0.5, 0.6) is 0 Å². The first-order valence-corrected chi connectivity index (χ1v) is 6.68. The lowest BCUT2D eigenvalue weighted by Gasteiger charge is -2.28. The predicted octanol–water partition coefficient (Wildman–Crippen LogP) is 1.24. The van der Waals surface area contributed by atoms with E-state index in [0.717, 1.165) is 5.56 Å². The maximum atomic E-state index is 11.7. The summed E-state index contributed by atoms with van der Waals surface area (Å²) in [6.45, 7) is 5.68. The van der Waals surface area contributed by atoms with Crippen molar-refractivity contribution >= 4 is 11.9 Å². The molecular formula is C16H21N3O2. The molecule has 0 radical (unpaired) electrons. The average Bonchev–Trinajstić information content (AvgIpc) is 2.40. The number of benzene rings is 1. The second-order valence-corrected chi connectivity index (χ2v) is 5.70. The summed E-state index contributed by atoms with van der Waals surface area (Å²) in [6.07, 6.45) is 0. The molecule has 4 N–H and O–H groups in total. The number of amides is 3. The highest BCUT2D eigenvalue weighted by atomic mass is 16.2. The zero-order chi connectivity index (χ0) is 15.9. The Hall–Kier alpha value is -2.48. The molecule has 112 valence electrons. The normalized spacial score (nSPS) is 11.8. The number of nitrogens with one attached hydrogen (secondary N) is 2. The Morgan fingerprint density at radius 2 is 1.86 bits per heavy atom. The topological polar surface area (TPSA) is 84.2 Å². The minimum absolute atomic E-state index is 0.191. The van der Waals surface area contributed by atoms with E-state index in [1.54, 1.807) is 0 Å². The number of carbonyl (C=O) groups excluding carboxylic acids is 2. The molecule has 21 heavy (non-hydrogen) atoms. The van der Waals surface area contributed by atoms with Crippen LogP contribution < -0.4 is 16.4 Å². The van der Waals surface area contributed by atoms with Gasteiger partial charge in [0.25, 0.3) is 0 Å². The standard InChI is InChI=1S/C16H21N3O2/c1-16(2,3)13(14(17)20)19-15(21)18-11-7-10-12-8-5-4-6-9-12/h4-6,8-9,13H,11H2,1-3H3,(H2,17,20)(H2,18,19,21)/t13-/m1/s1. The van der Waals surface area contributed by atoms with Crippen molar-refractivity contribution in [3.63, 3.8) is 0 Å². The Morgan fingerprint density at radius 3 is 2.38 bits per heavy atom. The number of hydrogen-bond donors (Lipinski definition) is 3. The summed E-state index contributed by atoms with van der Waals surface area (Å²) in [5, 5.41) is 5.14. The zero-order valence-electron chi connectivity index (χ0n) is 12.6. The van der Waals surface area contributed by atoms with E-state index >= 15 is 0 Å². The number of primary amides is 1. The van der Waals surface area contributed by atoms with E-state index in [2.05, 4.69) is 22.5 Å². The summed E-state index contributed by atoms with van der Waals surface area (Å²) in [4.78, 5) is 23.1. The molecule has 0 aliphatic heterocycles. The van der Waals surface area contributed by atoms with Gasteiger partial charge in [0.1, 0.15) is 6.04 Å². The molecular weight excluding hydrogens is 266 g/mol. The average molecular weight is 287 g/mol. The number of urea groups is 1. The van der Waals surface area contributed by atoms with Gasteiger partial charge < -0.3 is 16.4 Å². The van der Waals surface area contributed by atoms with E-state index in [0.29, 0.717) is 0 Å². The first-order chi connectivity index (χ1) is 9.80. The van der Waals surface area contributed by atoms with E-state index in [1.807, 2.05) is 51.1 Å². The fourth-order valence-electron chi connectivity index (χ4n) is 1.69. The fraction of sp³-hybridized carbons (Fsp3) is 0.375. The molecule has 0 bridgehead atoms. The summed E-state index contributed by atoms with van der Waals surface area (Å²) in [7, 11) is 0. The van der Waals surface area contributed by atoms with Gasteiger partial charge >= 0.3 is 6.03 Å². The second-order valence-electron chi connectivity index (χ2n) is 5.70. The molecule has 3 amide bonds. The summed E-state index contributed by atoms with van der Waals surface area (Å²) in [6, 6.07) is 8.27. The number of carbonyl (C=O) groups is 2. The van der Waals surface area contributed by atoms with Gasteiger partial charge in [-0.05, 0) is 17.5 Å². The van der Waals surface area contributed by atoms with Crippen LogP contribution in [0, 0.1) is 17.3 Å². The lowest BCUT2D eigenvalue weighted by molar-refractivity contribution is -0.122. The molecule has 1 aromatic carbocycles. The van der Waals surface area contributed by atoms with E-state index in [-0.39, 0.29) is 6.54 Å². The number of hydrogen-bond acceptors (Lipinski definition) is 2. The SMILES string of the molecule is CC(C)(C)[C@H](NC(=O)NCC#Cc1ccccc1)C(N)=O. The van der Waals surface area contributed by atoms with E-state index < -0.39 is 23.4 Å². The van der Waals surface area contributed by atoms with Crippen molar-refractivity contribution in [1.29, 1.82) is 0 Å². The molecule has 1 atom stereocenters. The molecule has 5 nitrogen and oxygen atoms in total. The predicted molar refractivity (Wildman–Crippen MR) is 82.3 cm³/mol. The third-order valence-electron chi connectivity index (χ3n) is 2.77. The van der Waals surface area contributed by atoms with Crippen LogP contribution >= 0.6 is 0 Å². The minimum atomic E-state index is -0.736. The van der Waals surface area contributed by atoms with E-state index in [4.69, 9.17) is 5.73 Å². The highest BCUT2D eigenvalue weighted by molar-refractivity contribution is 5.86. The second kappa shape index (κ2) is 7.34. The van der Waals surface area contributed by atoms with Gasteiger partial charge in [-0.15, -0.1) is 0 Å². The molecule has 5 heteroatoms. The van der Waals surface area contributed by atoms with Gasteiger partial charge in [-0.25, -0.2) is 4.79 Å². The van der Waals surface area contributed by atoms with Crippen LogP contribution in [0.1, 0.15) is 26.3 Å². The summed E-state index contributed by atoms with van der Waals surface area (Å²) in [5.41, 5.74) is 5.73. The quantitative estimate of drug-likeness (QED) is 0.731. The largest absolute Gasteiger partial charge is 0.368 e. The molecule has 0 heterocycles. The van der Waals surface area contributed by atoms with Crippen molar-refractivity contribution in [2.24, 2.45) is 11.1 Å². The lowest BCUT2D eigenvalue weighted by atomic mass is 9.86. The van der Waals surface area contributed by atoms with Gasteiger partial charge in [0.2, 0.25) is 5.91 Å².